The predicted octanol–water partition coefficient (Wildman–Crippen LogP) is 6.23. The molecule has 0 bridgehead atoms. The van der Waals surface area contributed by atoms with E-state index in [0.29, 0.717) is 11.7 Å². The molecule has 1 aliphatic rings. The minimum atomic E-state index is 0. The van der Waals surface area contributed by atoms with Gasteiger partial charge >= 0.3 is 24.8 Å². The summed E-state index contributed by atoms with van der Waals surface area (Å²) in [5.74, 6) is 1.51. The normalized spacial score (nSPS) is 15.3. The number of phenolic OH excluding ortho intramolecular Hbond substituents is 1. The zero-order valence-corrected chi connectivity index (χ0v) is 20.4. The summed E-state index contributed by atoms with van der Waals surface area (Å²) in [6, 6.07) is 5.32. The SMILES string of the molecule is CC1=[C-]C(C)C(C)=C1C.COc1cc(O)cc(C(C)(C)C)c1.Cl.Cl.[CH2]=[Ti+]. The van der Waals surface area contributed by atoms with Gasteiger partial charge in [-0.1, -0.05) is 47.5 Å². The summed E-state index contributed by atoms with van der Waals surface area (Å²) in [5.41, 5.74) is 5.35. The Balaban J connectivity index is -0.000000361. The minimum absolute atomic E-state index is 0. The van der Waals surface area contributed by atoms with Gasteiger partial charge in [0.05, 0.1) is 7.11 Å². The molecule has 147 valence electrons. The van der Waals surface area contributed by atoms with Crippen molar-refractivity contribution in [3.05, 3.63) is 46.6 Å². The van der Waals surface area contributed by atoms with Gasteiger partial charge in [-0.15, -0.1) is 31.7 Å². The van der Waals surface area contributed by atoms with Gasteiger partial charge in [0.1, 0.15) is 11.5 Å². The molecule has 0 spiro atoms. The summed E-state index contributed by atoms with van der Waals surface area (Å²) in [6.45, 7) is 15.0. The zero-order valence-electron chi connectivity index (χ0n) is 17.2. The molecule has 1 aromatic rings. The molecule has 0 aromatic heterocycles. The van der Waals surface area contributed by atoms with E-state index in [-0.39, 0.29) is 36.0 Å². The molecule has 1 atom stereocenters. The van der Waals surface area contributed by atoms with Crippen LogP contribution in [0.2, 0.25) is 0 Å². The van der Waals surface area contributed by atoms with Crippen LogP contribution in [-0.4, -0.2) is 17.0 Å². The Labute approximate surface area is 183 Å². The molecule has 0 saturated carbocycles. The van der Waals surface area contributed by atoms with Gasteiger partial charge in [0.15, 0.2) is 0 Å². The Hall–Kier alpha value is -0.536. The molecule has 0 aliphatic heterocycles. The van der Waals surface area contributed by atoms with Crippen molar-refractivity contribution in [1.82, 2.24) is 0 Å². The maximum absolute atomic E-state index is 9.41. The van der Waals surface area contributed by atoms with Crippen LogP contribution in [0.3, 0.4) is 0 Å². The van der Waals surface area contributed by atoms with Gasteiger partial charge in [0.25, 0.3) is 0 Å². The molecule has 0 heterocycles. The summed E-state index contributed by atoms with van der Waals surface area (Å²) >= 11 is 1.75. The maximum atomic E-state index is 9.41. The van der Waals surface area contributed by atoms with E-state index in [2.05, 4.69) is 59.4 Å². The van der Waals surface area contributed by atoms with Crippen molar-refractivity contribution in [2.75, 3.05) is 7.11 Å². The Morgan fingerprint density at radius 2 is 1.58 bits per heavy atom. The Morgan fingerprint density at radius 3 is 1.85 bits per heavy atom. The summed E-state index contributed by atoms with van der Waals surface area (Å²) < 4.78 is 5.07. The predicted molar refractivity (Wildman–Crippen MR) is 115 cm³/mol. The number of benzene rings is 1. The van der Waals surface area contributed by atoms with Crippen LogP contribution in [0.15, 0.2) is 34.9 Å². The zero-order chi connectivity index (χ0) is 19.1. The van der Waals surface area contributed by atoms with E-state index in [1.165, 1.54) is 16.7 Å². The van der Waals surface area contributed by atoms with Crippen LogP contribution in [0.5, 0.6) is 11.5 Å². The first-order valence-corrected chi connectivity index (χ1v) is 9.18. The van der Waals surface area contributed by atoms with Gasteiger partial charge < -0.3 is 9.84 Å². The van der Waals surface area contributed by atoms with Gasteiger partial charge in [-0.3, -0.25) is 6.08 Å². The fourth-order valence-electron chi connectivity index (χ4n) is 2.30. The summed E-state index contributed by atoms with van der Waals surface area (Å²) in [6.07, 6.45) is 3.36. The van der Waals surface area contributed by atoms with Gasteiger partial charge in [0, 0.05) is 6.07 Å². The molecule has 26 heavy (non-hydrogen) atoms. The molecular weight excluding hydrogens is 403 g/mol. The summed E-state index contributed by atoms with van der Waals surface area (Å²) in [7, 11) is 1.60. The third-order valence-corrected chi connectivity index (χ3v) is 4.23. The Kier molecular flexibility index (Phi) is 15.8. The first kappa shape index (κ1) is 30.2. The van der Waals surface area contributed by atoms with Crippen LogP contribution in [0.1, 0.15) is 54.0 Å². The van der Waals surface area contributed by atoms with Gasteiger partial charge in [-0.05, 0) is 23.1 Å². The second-order valence-electron chi connectivity index (χ2n) is 6.97. The van der Waals surface area contributed by atoms with Crippen molar-refractivity contribution in [1.29, 1.82) is 0 Å². The molecule has 0 amide bonds. The molecule has 2 nitrogen and oxygen atoms in total. The molecular formula is C21H33Cl2O2Ti. The number of hydrogen-bond donors (Lipinski definition) is 1. The summed E-state index contributed by atoms with van der Waals surface area (Å²) in [5, 5.41) is 9.41. The topological polar surface area (TPSA) is 29.5 Å². The van der Waals surface area contributed by atoms with Crippen molar-refractivity contribution < 1.29 is 29.8 Å². The fraction of sp³-hybridized carbons (Fsp3) is 0.476. The Bertz CT molecular complexity index is 617. The van der Waals surface area contributed by atoms with Gasteiger partial charge in [-0.25, -0.2) is 5.57 Å². The third-order valence-electron chi connectivity index (χ3n) is 4.23. The number of halogens is 2. The van der Waals surface area contributed by atoms with E-state index in [1.54, 1.807) is 39.2 Å². The average molecular weight is 436 g/mol. The first-order chi connectivity index (χ1) is 11.1. The van der Waals surface area contributed by atoms with E-state index in [9.17, 15) is 5.11 Å². The van der Waals surface area contributed by atoms with Crippen LogP contribution in [0, 0.1) is 12.0 Å². The molecule has 1 N–H and O–H groups in total. The fourth-order valence-corrected chi connectivity index (χ4v) is 2.30. The van der Waals surface area contributed by atoms with E-state index in [4.69, 9.17) is 4.74 Å². The van der Waals surface area contributed by atoms with Crippen LogP contribution < -0.4 is 4.74 Å². The van der Waals surface area contributed by atoms with Crippen molar-refractivity contribution in [3.8, 4) is 11.5 Å². The molecule has 0 fully saturated rings. The molecule has 5 heteroatoms. The molecule has 1 aliphatic carbocycles. The van der Waals surface area contributed by atoms with Crippen molar-refractivity contribution in [3.63, 3.8) is 0 Å². The molecule has 1 unspecified atom stereocenters. The van der Waals surface area contributed by atoms with Crippen LogP contribution in [0.25, 0.3) is 0 Å². The number of rotatable bonds is 1. The Morgan fingerprint density at radius 1 is 1.08 bits per heavy atom. The van der Waals surface area contributed by atoms with Gasteiger partial charge in [0.2, 0.25) is 0 Å². The van der Waals surface area contributed by atoms with E-state index >= 15 is 0 Å². The second kappa shape index (κ2) is 13.6. The van der Waals surface area contributed by atoms with Gasteiger partial charge in [-0.2, -0.15) is 11.1 Å². The van der Waals surface area contributed by atoms with E-state index < -0.39 is 0 Å². The number of hydrogen-bond acceptors (Lipinski definition) is 2. The first-order valence-electron chi connectivity index (χ1n) is 8.08. The monoisotopic (exact) mass is 435 g/mol. The average Bonchev–Trinajstić information content (AvgIpc) is 2.74. The number of aromatic hydroxyl groups is 1. The second-order valence-corrected chi connectivity index (χ2v) is 6.97. The molecule has 2 rings (SSSR count). The van der Waals surface area contributed by atoms with E-state index in [1.807, 2.05) is 6.07 Å². The number of ether oxygens (including phenoxy) is 1. The third kappa shape index (κ3) is 9.41. The molecule has 0 radical (unpaired) electrons. The summed E-state index contributed by atoms with van der Waals surface area (Å²) in [4.78, 5) is 3.25. The van der Waals surface area contributed by atoms with Crippen molar-refractivity contribution >= 4 is 29.6 Å². The number of phenols is 1. The van der Waals surface area contributed by atoms with Crippen molar-refractivity contribution in [2.45, 2.75) is 53.9 Å². The van der Waals surface area contributed by atoms with E-state index in [0.717, 1.165) is 5.56 Å². The van der Waals surface area contributed by atoms with Crippen molar-refractivity contribution in [2.24, 2.45) is 5.92 Å². The quantitative estimate of drug-likeness (QED) is 0.418. The molecule has 1 aromatic carbocycles. The van der Waals surface area contributed by atoms with Crippen LogP contribution in [0.4, 0.5) is 0 Å². The molecule has 0 saturated heterocycles. The van der Waals surface area contributed by atoms with Crippen LogP contribution >= 0.6 is 24.8 Å². The standard InChI is InChI=1S/C11H16O2.C9H13.CH2.2ClH.Ti/c1-11(2,3)8-5-9(12)7-10(6-8)13-4;1-6-5-7(2)9(4)8(6)3;;;;/h5-7,12H,1-4H3;6H,1-4H3;1H2;2*1H;/q;-1;;;;+1. The number of allylic oxidation sites excluding steroid dienone is 4. The number of methoxy groups -OCH3 is 1. The van der Waals surface area contributed by atoms with Crippen LogP contribution in [-0.2, 0) is 25.4 Å².